The Labute approximate surface area is 158 Å². The molecule has 1 aliphatic heterocycles. The minimum atomic E-state index is -0.0282. The van der Waals surface area contributed by atoms with E-state index in [0.29, 0.717) is 5.02 Å². The van der Waals surface area contributed by atoms with Crippen molar-refractivity contribution in [3.05, 3.63) is 64.7 Å². The van der Waals surface area contributed by atoms with Crippen LogP contribution in [0.25, 0.3) is 0 Å². The molecule has 0 aromatic heterocycles. The summed E-state index contributed by atoms with van der Waals surface area (Å²) in [6.07, 6.45) is 0. The number of amides is 2. The average Bonchev–Trinajstić information content (AvgIpc) is 2.73. The summed E-state index contributed by atoms with van der Waals surface area (Å²) in [5.74, 6) is 0.0644. The highest BCUT2D eigenvalue weighted by Crippen LogP contribution is 2.28. The van der Waals surface area contributed by atoms with Crippen LogP contribution in [0.1, 0.15) is 18.1 Å². The largest absolute Gasteiger partial charge is 0.349 e. The van der Waals surface area contributed by atoms with Crippen molar-refractivity contribution in [3.63, 3.8) is 0 Å². The highest BCUT2D eigenvalue weighted by atomic mass is 35.5. The fraction of sp³-hybridized carbons (Fsp3) is 0.250. The molecule has 2 aromatic carbocycles. The molecule has 0 aliphatic carbocycles. The van der Waals surface area contributed by atoms with Gasteiger partial charge in [-0.1, -0.05) is 41.9 Å². The third kappa shape index (κ3) is 4.70. The highest BCUT2D eigenvalue weighted by molar-refractivity contribution is 6.32. The first-order chi connectivity index (χ1) is 12.3. The van der Waals surface area contributed by atoms with Gasteiger partial charge in [-0.25, -0.2) is 0 Å². The van der Waals surface area contributed by atoms with Crippen LogP contribution in [0.15, 0.2) is 53.5 Å². The Kier molecular flexibility index (Phi) is 6.52. The zero-order valence-electron chi connectivity index (χ0n) is 15.4. The van der Waals surface area contributed by atoms with E-state index in [9.17, 15) is 9.59 Å². The predicted octanol–water partition coefficient (Wildman–Crippen LogP) is 3.25. The molecule has 2 amide bonds. The topological polar surface area (TPSA) is 53.0 Å². The van der Waals surface area contributed by atoms with Crippen molar-refractivity contribution in [2.24, 2.45) is 4.99 Å². The monoisotopic (exact) mass is 371 g/mol. The van der Waals surface area contributed by atoms with Crippen molar-refractivity contribution >= 4 is 34.8 Å². The number of hydrogen-bond donors (Lipinski definition) is 0. The molecule has 26 heavy (non-hydrogen) atoms. The number of hydrogen-bond acceptors (Lipinski definition) is 3. The number of anilines is 1. The van der Waals surface area contributed by atoms with Gasteiger partial charge in [-0.05, 0) is 18.2 Å². The van der Waals surface area contributed by atoms with Gasteiger partial charge in [-0.2, -0.15) is 0 Å². The van der Waals surface area contributed by atoms with Crippen LogP contribution in [-0.4, -0.2) is 50.1 Å². The normalized spacial score (nSPS) is 13.0. The van der Waals surface area contributed by atoms with Crippen LogP contribution in [-0.2, 0) is 9.59 Å². The second-order valence-electron chi connectivity index (χ2n) is 6.06. The van der Waals surface area contributed by atoms with Gasteiger partial charge in [0.2, 0.25) is 11.8 Å². The minimum Gasteiger partial charge on any atom is -0.349 e. The molecule has 0 saturated heterocycles. The molecular weight excluding hydrogens is 350 g/mol. The number of benzene rings is 2. The van der Waals surface area contributed by atoms with Gasteiger partial charge in [-0.3, -0.25) is 14.6 Å². The number of benzodiazepines with no additional fused rings is 1. The molecule has 0 spiro atoms. The second kappa shape index (κ2) is 8.63. The van der Waals surface area contributed by atoms with Crippen molar-refractivity contribution in [1.29, 1.82) is 0 Å². The molecule has 0 N–H and O–H groups in total. The molecule has 2 aromatic rings. The summed E-state index contributed by atoms with van der Waals surface area (Å²) in [5.41, 5.74) is 3.51. The second-order valence-corrected chi connectivity index (χ2v) is 6.49. The smallest absolute Gasteiger partial charge is 0.248 e. The van der Waals surface area contributed by atoms with Crippen LogP contribution in [0.3, 0.4) is 0 Å². The first-order valence-corrected chi connectivity index (χ1v) is 8.53. The van der Waals surface area contributed by atoms with Crippen LogP contribution in [0.4, 0.5) is 5.69 Å². The fourth-order valence-corrected chi connectivity index (χ4v) is 2.48. The molecule has 0 atom stereocenters. The van der Waals surface area contributed by atoms with E-state index < -0.39 is 0 Å². The van der Waals surface area contributed by atoms with Gasteiger partial charge < -0.3 is 9.80 Å². The maximum atomic E-state index is 12.0. The third-order valence-corrected chi connectivity index (χ3v) is 4.23. The Balaban J connectivity index is 0.000000352. The maximum Gasteiger partial charge on any atom is 0.248 e. The summed E-state index contributed by atoms with van der Waals surface area (Å²) in [6, 6.07) is 15.3. The zero-order chi connectivity index (χ0) is 19.3. The number of fused-ring (bicyclic) bond motifs is 1. The number of carbonyl (C=O) groups excluding carboxylic acids is 2. The van der Waals surface area contributed by atoms with E-state index in [1.165, 1.54) is 11.8 Å². The van der Waals surface area contributed by atoms with Gasteiger partial charge >= 0.3 is 0 Å². The van der Waals surface area contributed by atoms with Crippen LogP contribution < -0.4 is 4.90 Å². The number of rotatable bonds is 1. The molecule has 0 unspecified atom stereocenters. The van der Waals surface area contributed by atoms with E-state index in [1.807, 2.05) is 42.5 Å². The highest BCUT2D eigenvalue weighted by Gasteiger charge is 2.22. The Hall–Kier alpha value is -2.66. The van der Waals surface area contributed by atoms with E-state index in [0.717, 1.165) is 22.5 Å². The van der Waals surface area contributed by atoms with Crippen LogP contribution in [0, 0.1) is 0 Å². The van der Waals surface area contributed by atoms with Crippen molar-refractivity contribution in [1.82, 2.24) is 4.90 Å². The minimum absolute atomic E-state index is 0.0282. The Morgan fingerprint density at radius 3 is 2.35 bits per heavy atom. The van der Waals surface area contributed by atoms with E-state index in [2.05, 4.69) is 4.99 Å². The molecule has 0 fully saturated rings. The van der Waals surface area contributed by atoms with Gasteiger partial charge in [-0.15, -0.1) is 0 Å². The van der Waals surface area contributed by atoms with Crippen LogP contribution in [0.2, 0.25) is 5.02 Å². The van der Waals surface area contributed by atoms with Crippen molar-refractivity contribution in [3.8, 4) is 0 Å². The van der Waals surface area contributed by atoms with E-state index in [-0.39, 0.29) is 18.4 Å². The SMILES string of the molecule is CC(=O)N(C)C.CN1C(=O)CN=C(c2ccccc2)c2cc(Cl)ccc21. The quantitative estimate of drug-likeness (QED) is 0.772. The van der Waals surface area contributed by atoms with E-state index >= 15 is 0 Å². The van der Waals surface area contributed by atoms with Crippen LogP contribution >= 0.6 is 11.6 Å². The van der Waals surface area contributed by atoms with Crippen molar-refractivity contribution in [2.75, 3.05) is 32.6 Å². The fourth-order valence-electron chi connectivity index (χ4n) is 2.31. The number of nitrogens with zero attached hydrogens (tertiary/aromatic N) is 3. The molecule has 1 aliphatic rings. The van der Waals surface area contributed by atoms with Gasteiger partial charge in [0.15, 0.2) is 0 Å². The molecular formula is C20H22ClN3O2. The lowest BCUT2D eigenvalue weighted by molar-refractivity contribution is -0.126. The average molecular weight is 372 g/mol. The number of halogens is 1. The number of carbonyl (C=O) groups is 2. The standard InChI is InChI=1S/C16H13ClN2O.C4H9NO/c1-19-14-8-7-12(17)9-13(14)16(18-10-15(19)20)11-5-3-2-4-6-11;1-4(6)5(2)3/h2-9H,10H2,1H3;1-3H3. The maximum absolute atomic E-state index is 12.0. The number of aliphatic imine (C=N–C) groups is 1. The lowest BCUT2D eigenvalue weighted by Crippen LogP contribution is -2.27. The first-order valence-electron chi connectivity index (χ1n) is 8.15. The zero-order valence-corrected chi connectivity index (χ0v) is 16.1. The predicted molar refractivity (Wildman–Crippen MR) is 106 cm³/mol. The van der Waals surface area contributed by atoms with Gasteiger partial charge in [0.25, 0.3) is 0 Å². The van der Waals surface area contributed by atoms with Gasteiger partial charge in [0.1, 0.15) is 6.54 Å². The van der Waals surface area contributed by atoms with E-state index in [4.69, 9.17) is 11.6 Å². The summed E-state index contributed by atoms with van der Waals surface area (Å²) >= 11 is 6.11. The summed E-state index contributed by atoms with van der Waals surface area (Å²) < 4.78 is 0. The van der Waals surface area contributed by atoms with Gasteiger partial charge in [0.05, 0.1) is 11.4 Å². The van der Waals surface area contributed by atoms with E-state index in [1.54, 1.807) is 32.1 Å². The van der Waals surface area contributed by atoms with Crippen molar-refractivity contribution < 1.29 is 9.59 Å². The molecule has 5 nitrogen and oxygen atoms in total. The Bertz CT molecular complexity index is 832. The third-order valence-electron chi connectivity index (χ3n) is 4.00. The molecule has 0 bridgehead atoms. The molecule has 136 valence electrons. The Morgan fingerprint density at radius 1 is 1.15 bits per heavy atom. The number of likely N-dealkylation sites (N-methyl/N-ethyl adjacent to an activating group) is 1. The summed E-state index contributed by atoms with van der Waals surface area (Å²) in [5, 5.41) is 0.634. The molecule has 0 saturated carbocycles. The first kappa shape index (κ1) is 19.7. The summed E-state index contributed by atoms with van der Waals surface area (Å²) in [7, 11) is 5.21. The molecule has 3 rings (SSSR count). The Morgan fingerprint density at radius 2 is 1.77 bits per heavy atom. The molecule has 0 radical (unpaired) electrons. The summed E-state index contributed by atoms with van der Waals surface area (Å²) in [6.45, 7) is 1.67. The molecule has 1 heterocycles. The lowest BCUT2D eigenvalue weighted by atomic mass is 10.0. The lowest BCUT2D eigenvalue weighted by Gasteiger charge is -2.18. The van der Waals surface area contributed by atoms with Crippen molar-refractivity contribution in [2.45, 2.75) is 6.92 Å². The van der Waals surface area contributed by atoms with Crippen LogP contribution in [0.5, 0.6) is 0 Å². The molecule has 6 heteroatoms. The van der Waals surface area contributed by atoms with Gasteiger partial charge in [0, 0.05) is 44.2 Å². The summed E-state index contributed by atoms with van der Waals surface area (Å²) in [4.78, 5) is 29.7.